The zero-order valence-corrected chi connectivity index (χ0v) is 19.1. The number of amides is 1. The fourth-order valence-corrected chi connectivity index (χ4v) is 4.90. The van der Waals surface area contributed by atoms with Gasteiger partial charge in [-0.3, -0.25) is 4.79 Å². The van der Waals surface area contributed by atoms with Gasteiger partial charge >= 0.3 is 0 Å². The first-order valence-electron chi connectivity index (χ1n) is 11.9. The third-order valence-corrected chi connectivity index (χ3v) is 6.79. The van der Waals surface area contributed by atoms with Crippen LogP contribution in [0.1, 0.15) is 53.1 Å². The number of primary amides is 1. The fraction of sp³-hybridized carbons (Fsp3) is 0.241. The largest absolute Gasteiger partial charge is 0.438 e. The number of fused-ring (bicyclic) bond motifs is 1. The molecule has 1 aliphatic rings. The lowest BCUT2D eigenvalue weighted by Gasteiger charge is -2.29. The predicted octanol–water partition coefficient (Wildman–Crippen LogP) is 5.94. The van der Waals surface area contributed by atoms with Crippen molar-refractivity contribution in [2.45, 2.75) is 44.2 Å². The number of carbonyl (C=O) groups is 1. The second-order valence-corrected chi connectivity index (χ2v) is 8.96. The van der Waals surface area contributed by atoms with Crippen molar-refractivity contribution < 1.29 is 9.53 Å². The van der Waals surface area contributed by atoms with E-state index in [4.69, 9.17) is 10.5 Å². The lowest BCUT2D eigenvalue weighted by Crippen LogP contribution is -2.32. The van der Waals surface area contributed by atoms with E-state index in [0.29, 0.717) is 23.4 Å². The molecule has 0 atom stereocenters. The number of rotatable bonds is 7. The van der Waals surface area contributed by atoms with Crippen molar-refractivity contribution in [3.05, 3.63) is 102 Å². The molecule has 0 unspecified atom stereocenters. The lowest BCUT2D eigenvalue weighted by molar-refractivity contribution is 0.1000. The molecule has 0 bridgehead atoms. The molecule has 34 heavy (non-hydrogen) atoms. The number of hydrogen-bond donors (Lipinski definition) is 2. The monoisotopic (exact) mass is 451 g/mol. The first kappa shape index (κ1) is 22.1. The Morgan fingerprint density at radius 2 is 1.65 bits per heavy atom. The van der Waals surface area contributed by atoms with Crippen LogP contribution in [-0.4, -0.2) is 16.9 Å². The van der Waals surface area contributed by atoms with Gasteiger partial charge in [0.1, 0.15) is 5.75 Å². The Bertz CT molecular complexity index is 1260. The van der Waals surface area contributed by atoms with Crippen LogP contribution in [-0.2, 0) is 6.54 Å². The van der Waals surface area contributed by atoms with Crippen molar-refractivity contribution >= 4 is 16.7 Å². The third-order valence-electron chi connectivity index (χ3n) is 6.79. The number of pyridine rings is 1. The van der Waals surface area contributed by atoms with Gasteiger partial charge in [0.2, 0.25) is 11.8 Å². The highest BCUT2D eigenvalue weighted by Gasteiger charge is 2.22. The van der Waals surface area contributed by atoms with Crippen LogP contribution in [0.15, 0.2) is 85.1 Å². The van der Waals surface area contributed by atoms with E-state index in [-0.39, 0.29) is 0 Å². The van der Waals surface area contributed by atoms with E-state index in [2.05, 4.69) is 64.9 Å². The maximum Gasteiger partial charge on any atom is 0.250 e. The van der Waals surface area contributed by atoms with Gasteiger partial charge in [0.25, 0.3) is 0 Å². The second-order valence-electron chi connectivity index (χ2n) is 8.96. The third kappa shape index (κ3) is 4.95. The number of hydrogen-bond acceptors (Lipinski definition) is 4. The molecule has 1 aromatic heterocycles. The summed E-state index contributed by atoms with van der Waals surface area (Å²) < 4.78 is 6.05. The number of nitrogens with two attached hydrogens (primary N) is 1. The summed E-state index contributed by atoms with van der Waals surface area (Å²) in [6, 6.07) is 27.1. The summed E-state index contributed by atoms with van der Waals surface area (Å²) in [4.78, 5) is 15.5. The van der Waals surface area contributed by atoms with Crippen molar-refractivity contribution in [3.63, 3.8) is 0 Å². The summed E-state index contributed by atoms with van der Waals surface area (Å²) in [5.74, 6) is 1.34. The molecule has 5 heteroatoms. The van der Waals surface area contributed by atoms with E-state index in [1.54, 1.807) is 12.1 Å². The van der Waals surface area contributed by atoms with Crippen LogP contribution in [0.25, 0.3) is 10.8 Å². The maximum atomic E-state index is 11.3. The average molecular weight is 452 g/mol. The van der Waals surface area contributed by atoms with Gasteiger partial charge in [-0.15, -0.1) is 0 Å². The van der Waals surface area contributed by atoms with Gasteiger partial charge in [-0.2, -0.15) is 0 Å². The Hall–Kier alpha value is -3.70. The summed E-state index contributed by atoms with van der Waals surface area (Å²) in [5, 5.41) is 5.99. The Kier molecular flexibility index (Phi) is 6.54. The lowest BCUT2D eigenvalue weighted by atomic mass is 9.82. The Labute approximate surface area is 200 Å². The molecule has 172 valence electrons. The highest BCUT2D eigenvalue weighted by Crippen LogP contribution is 2.34. The SMILES string of the molecule is NC(=O)c1ccc(Oc2cccc3c(CNC4CCC(c5ccccc5)CC4)cccc23)nc1. The zero-order valence-electron chi connectivity index (χ0n) is 19.1. The van der Waals surface area contributed by atoms with Gasteiger partial charge in [0.15, 0.2) is 0 Å². The number of aromatic nitrogens is 1. The van der Waals surface area contributed by atoms with Crippen molar-refractivity contribution in [2.24, 2.45) is 5.73 Å². The molecule has 5 rings (SSSR count). The molecule has 4 aromatic rings. The molecule has 0 saturated heterocycles. The molecule has 1 amide bonds. The normalized spacial score (nSPS) is 18.0. The van der Waals surface area contributed by atoms with E-state index in [9.17, 15) is 4.79 Å². The van der Waals surface area contributed by atoms with E-state index >= 15 is 0 Å². The summed E-state index contributed by atoms with van der Waals surface area (Å²) in [5.41, 5.74) is 8.38. The van der Waals surface area contributed by atoms with E-state index in [1.165, 1.54) is 48.4 Å². The number of nitrogens with one attached hydrogen (secondary N) is 1. The van der Waals surface area contributed by atoms with Crippen molar-refractivity contribution in [1.29, 1.82) is 0 Å². The topological polar surface area (TPSA) is 77.2 Å². The van der Waals surface area contributed by atoms with Crippen LogP contribution in [0.2, 0.25) is 0 Å². The van der Waals surface area contributed by atoms with Gasteiger partial charge in [-0.25, -0.2) is 4.98 Å². The molecular formula is C29H29N3O2. The number of benzene rings is 3. The zero-order chi connectivity index (χ0) is 23.3. The minimum absolute atomic E-state index is 0.358. The Balaban J connectivity index is 1.25. The van der Waals surface area contributed by atoms with E-state index in [1.807, 2.05) is 12.1 Å². The molecule has 0 aliphatic heterocycles. The highest BCUT2D eigenvalue weighted by molar-refractivity contribution is 5.92. The second kappa shape index (κ2) is 10.1. The highest BCUT2D eigenvalue weighted by atomic mass is 16.5. The Morgan fingerprint density at radius 1 is 0.882 bits per heavy atom. The van der Waals surface area contributed by atoms with Crippen LogP contribution in [0.3, 0.4) is 0 Å². The molecule has 5 nitrogen and oxygen atoms in total. The molecule has 1 aliphatic carbocycles. The first-order chi connectivity index (χ1) is 16.7. The van der Waals surface area contributed by atoms with E-state index in [0.717, 1.165) is 17.7 Å². The van der Waals surface area contributed by atoms with Gasteiger partial charge in [0.05, 0.1) is 5.56 Å². The van der Waals surface area contributed by atoms with Gasteiger partial charge < -0.3 is 15.8 Å². The van der Waals surface area contributed by atoms with Crippen molar-refractivity contribution in [3.8, 4) is 11.6 Å². The fourth-order valence-electron chi connectivity index (χ4n) is 4.90. The summed E-state index contributed by atoms with van der Waals surface area (Å²) in [6.45, 7) is 0.826. The molecular weight excluding hydrogens is 422 g/mol. The van der Waals surface area contributed by atoms with Crippen LogP contribution < -0.4 is 15.8 Å². The molecule has 0 radical (unpaired) electrons. The van der Waals surface area contributed by atoms with Crippen molar-refractivity contribution in [1.82, 2.24) is 10.3 Å². The Morgan fingerprint density at radius 3 is 2.38 bits per heavy atom. The molecule has 0 spiro atoms. The predicted molar refractivity (Wildman–Crippen MR) is 135 cm³/mol. The molecule has 3 N–H and O–H groups in total. The summed E-state index contributed by atoms with van der Waals surface area (Å²) in [6.07, 6.45) is 6.30. The number of ether oxygens (including phenoxy) is 1. The average Bonchev–Trinajstić information content (AvgIpc) is 2.89. The minimum atomic E-state index is -0.505. The van der Waals surface area contributed by atoms with Crippen LogP contribution in [0.4, 0.5) is 0 Å². The number of nitrogens with zero attached hydrogens (tertiary/aromatic N) is 1. The summed E-state index contributed by atoms with van der Waals surface area (Å²) >= 11 is 0. The van der Waals surface area contributed by atoms with Crippen LogP contribution in [0.5, 0.6) is 11.6 Å². The maximum absolute atomic E-state index is 11.3. The standard InChI is InChI=1S/C29H29N3O2/c30-29(33)23-14-17-28(32-19-23)34-27-11-5-9-25-22(8-4-10-26(25)27)18-31-24-15-12-21(13-16-24)20-6-2-1-3-7-20/h1-11,14,17,19,21,24,31H,12-13,15-16,18H2,(H2,30,33). The van der Waals surface area contributed by atoms with Gasteiger partial charge in [0, 0.05) is 30.2 Å². The van der Waals surface area contributed by atoms with E-state index < -0.39 is 5.91 Å². The number of carbonyl (C=O) groups excluding carboxylic acids is 1. The molecule has 1 heterocycles. The molecule has 1 fully saturated rings. The van der Waals surface area contributed by atoms with Crippen molar-refractivity contribution in [2.75, 3.05) is 0 Å². The smallest absolute Gasteiger partial charge is 0.250 e. The minimum Gasteiger partial charge on any atom is -0.438 e. The van der Waals surface area contributed by atoms with Gasteiger partial charge in [-0.1, -0.05) is 60.7 Å². The summed E-state index contributed by atoms with van der Waals surface area (Å²) in [7, 11) is 0. The quantitative estimate of drug-likeness (QED) is 0.364. The first-order valence-corrected chi connectivity index (χ1v) is 11.9. The molecule has 1 saturated carbocycles. The molecule has 3 aromatic carbocycles. The van der Waals surface area contributed by atoms with Crippen LogP contribution >= 0.6 is 0 Å². The van der Waals surface area contributed by atoms with Crippen LogP contribution in [0, 0.1) is 0 Å². The van der Waals surface area contributed by atoms with Gasteiger partial charge in [-0.05, 0) is 60.2 Å².